The van der Waals surface area contributed by atoms with E-state index in [0.29, 0.717) is 5.92 Å². The first-order chi connectivity index (χ1) is 8.58. The lowest BCUT2D eigenvalue weighted by Crippen LogP contribution is -2.34. The molecule has 1 aromatic rings. The highest BCUT2D eigenvalue weighted by molar-refractivity contribution is 8.00. The SMILES string of the molecule is CCCC(N)C(CO)Sc1ccc(C(C)C)cc1. The molecule has 0 amide bonds. The molecule has 0 spiro atoms. The lowest BCUT2D eigenvalue weighted by atomic mass is 10.0. The summed E-state index contributed by atoms with van der Waals surface area (Å²) in [4.78, 5) is 1.19. The number of nitrogens with two attached hydrogens (primary N) is 1. The van der Waals surface area contributed by atoms with E-state index < -0.39 is 0 Å². The minimum absolute atomic E-state index is 0.0646. The molecular weight excluding hydrogens is 242 g/mol. The molecule has 0 saturated heterocycles. The lowest BCUT2D eigenvalue weighted by molar-refractivity contribution is 0.279. The molecule has 0 aliphatic carbocycles. The van der Waals surface area contributed by atoms with E-state index in [2.05, 4.69) is 45.0 Å². The standard InChI is InChI=1S/C15H25NOS/c1-4-5-14(16)15(10-17)18-13-8-6-12(7-9-13)11(2)3/h6-9,11,14-15,17H,4-5,10,16H2,1-3H3. The van der Waals surface area contributed by atoms with Crippen molar-refractivity contribution < 1.29 is 5.11 Å². The fraction of sp³-hybridized carbons (Fsp3) is 0.600. The summed E-state index contributed by atoms with van der Waals surface area (Å²) in [5.74, 6) is 0.556. The molecule has 0 radical (unpaired) electrons. The third kappa shape index (κ3) is 4.63. The van der Waals surface area contributed by atoms with Crippen LogP contribution in [-0.2, 0) is 0 Å². The van der Waals surface area contributed by atoms with Crippen LogP contribution in [0.3, 0.4) is 0 Å². The van der Waals surface area contributed by atoms with E-state index in [9.17, 15) is 5.11 Å². The Morgan fingerprint density at radius 1 is 1.22 bits per heavy atom. The predicted molar refractivity (Wildman–Crippen MR) is 80.1 cm³/mol. The maximum Gasteiger partial charge on any atom is 0.0568 e. The number of hydrogen-bond acceptors (Lipinski definition) is 3. The van der Waals surface area contributed by atoms with Crippen LogP contribution in [0.4, 0.5) is 0 Å². The van der Waals surface area contributed by atoms with Gasteiger partial charge in [-0.3, -0.25) is 0 Å². The van der Waals surface area contributed by atoms with E-state index in [1.165, 1.54) is 10.5 Å². The Labute approximate surface area is 115 Å². The van der Waals surface area contributed by atoms with Gasteiger partial charge in [-0.05, 0) is 30.0 Å². The molecular formula is C15H25NOS. The van der Waals surface area contributed by atoms with Gasteiger partial charge in [0.15, 0.2) is 0 Å². The fourth-order valence-corrected chi connectivity index (χ4v) is 2.91. The third-order valence-electron chi connectivity index (χ3n) is 3.11. The monoisotopic (exact) mass is 267 g/mol. The van der Waals surface area contributed by atoms with Gasteiger partial charge in [-0.2, -0.15) is 0 Å². The first kappa shape index (κ1) is 15.5. The van der Waals surface area contributed by atoms with Crippen LogP contribution in [0.15, 0.2) is 29.2 Å². The number of rotatable bonds is 7. The Bertz CT molecular complexity index is 337. The Balaban J connectivity index is 2.64. The number of hydrogen-bond donors (Lipinski definition) is 2. The Kier molecular flexibility index (Phi) is 6.76. The van der Waals surface area contributed by atoms with Gasteiger partial charge in [0.2, 0.25) is 0 Å². The quantitative estimate of drug-likeness (QED) is 0.744. The van der Waals surface area contributed by atoms with Crippen LogP contribution in [0, 0.1) is 0 Å². The van der Waals surface area contributed by atoms with Gasteiger partial charge in [-0.15, -0.1) is 11.8 Å². The summed E-state index contributed by atoms with van der Waals surface area (Å²) < 4.78 is 0. The lowest BCUT2D eigenvalue weighted by Gasteiger charge is -2.21. The van der Waals surface area contributed by atoms with Gasteiger partial charge in [-0.25, -0.2) is 0 Å². The molecule has 0 fully saturated rings. The molecule has 0 aliphatic heterocycles. The number of aliphatic hydroxyl groups is 1. The van der Waals surface area contributed by atoms with Crippen molar-refractivity contribution in [3.63, 3.8) is 0 Å². The second-order valence-electron chi connectivity index (χ2n) is 5.02. The molecule has 2 atom stereocenters. The second-order valence-corrected chi connectivity index (χ2v) is 6.33. The summed E-state index contributed by atoms with van der Waals surface area (Å²) >= 11 is 1.68. The molecule has 0 aliphatic rings. The number of thioether (sulfide) groups is 1. The van der Waals surface area contributed by atoms with Crippen LogP contribution in [0.1, 0.15) is 45.1 Å². The molecule has 1 aromatic carbocycles. The van der Waals surface area contributed by atoms with Crippen molar-refractivity contribution in [2.75, 3.05) is 6.61 Å². The van der Waals surface area contributed by atoms with Gasteiger partial charge in [-0.1, -0.05) is 39.3 Å². The van der Waals surface area contributed by atoms with Gasteiger partial charge >= 0.3 is 0 Å². The van der Waals surface area contributed by atoms with Gasteiger partial charge in [0.25, 0.3) is 0 Å². The molecule has 3 N–H and O–H groups in total. The molecule has 3 heteroatoms. The summed E-state index contributed by atoms with van der Waals surface area (Å²) in [6, 6.07) is 8.64. The van der Waals surface area contributed by atoms with Crippen molar-refractivity contribution >= 4 is 11.8 Å². The summed E-state index contributed by atoms with van der Waals surface area (Å²) in [6.45, 7) is 6.64. The fourth-order valence-electron chi connectivity index (χ4n) is 1.89. The third-order valence-corrected chi connectivity index (χ3v) is 4.46. The zero-order chi connectivity index (χ0) is 13.5. The summed E-state index contributed by atoms with van der Waals surface area (Å²) in [5, 5.41) is 9.52. The van der Waals surface area contributed by atoms with Crippen molar-refractivity contribution in [3.05, 3.63) is 29.8 Å². The summed E-state index contributed by atoms with van der Waals surface area (Å²) in [7, 11) is 0. The van der Waals surface area contributed by atoms with Crippen molar-refractivity contribution in [1.82, 2.24) is 0 Å². The predicted octanol–water partition coefficient (Wildman–Crippen LogP) is 3.39. The van der Waals surface area contributed by atoms with E-state index in [0.717, 1.165) is 12.8 Å². The maximum atomic E-state index is 9.43. The molecule has 1 rings (SSSR count). The average molecular weight is 267 g/mol. The van der Waals surface area contributed by atoms with Crippen molar-refractivity contribution in [2.45, 2.75) is 55.7 Å². The van der Waals surface area contributed by atoms with Gasteiger partial charge in [0.1, 0.15) is 0 Å². The van der Waals surface area contributed by atoms with E-state index in [1.807, 2.05) is 0 Å². The number of benzene rings is 1. The van der Waals surface area contributed by atoms with Crippen LogP contribution in [0.2, 0.25) is 0 Å². The van der Waals surface area contributed by atoms with Crippen LogP contribution in [0.25, 0.3) is 0 Å². The van der Waals surface area contributed by atoms with Crippen LogP contribution >= 0.6 is 11.8 Å². The topological polar surface area (TPSA) is 46.2 Å². The molecule has 18 heavy (non-hydrogen) atoms. The zero-order valence-corrected chi connectivity index (χ0v) is 12.4. The van der Waals surface area contributed by atoms with Crippen molar-refractivity contribution in [3.8, 4) is 0 Å². The van der Waals surface area contributed by atoms with E-state index >= 15 is 0 Å². The van der Waals surface area contributed by atoms with E-state index in [1.54, 1.807) is 11.8 Å². The molecule has 0 saturated carbocycles. The first-order valence-electron chi connectivity index (χ1n) is 6.71. The molecule has 2 nitrogen and oxygen atoms in total. The zero-order valence-electron chi connectivity index (χ0n) is 11.6. The maximum absolute atomic E-state index is 9.43. The Hall–Kier alpha value is -0.510. The molecule has 2 unspecified atom stereocenters. The molecule has 102 valence electrons. The average Bonchev–Trinajstić information content (AvgIpc) is 2.36. The smallest absolute Gasteiger partial charge is 0.0568 e. The second kappa shape index (κ2) is 7.82. The van der Waals surface area contributed by atoms with Crippen LogP contribution in [0.5, 0.6) is 0 Å². The van der Waals surface area contributed by atoms with E-state index in [4.69, 9.17) is 5.73 Å². The molecule has 0 aromatic heterocycles. The van der Waals surface area contributed by atoms with Gasteiger partial charge in [0, 0.05) is 16.2 Å². The normalized spacial score (nSPS) is 14.8. The summed E-state index contributed by atoms with van der Waals surface area (Å²) in [6.07, 6.45) is 2.02. The first-order valence-corrected chi connectivity index (χ1v) is 7.59. The van der Waals surface area contributed by atoms with Crippen molar-refractivity contribution in [1.29, 1.82) is 0 Å². The highest BCUT2D eigenvalue weighted by Crippen LogP contribution is 2.27. The van der Waals surface area contributed by atoms with E-state index in [-0.39, 0.29) is 17.9 Å². The molecule has 0 bridgehead atoms. The minimum Gasteiger partial charge on any atom is -0.395 e. The molecule has 0 heterocycles. The Morgan fingerprint density at radius 2 is 1.83 bits per heavy atom. The van der Waals surface area contributed by atoms with Crippen molar-refractivity contribution in [2.24, 2.45) is 5.73 Å². The van der Waals surface area contributed by atoms with Gasteiger partial charge < -0.3 is 10.8 Å². The highest BCUT2D eigenvalue weighted by Gasteiger charge is 2.17. The van der Waals surface area contributed by atoms with Crippen LogP contribution in [-0.4, -0.2) is 23.0 Å². The number of aliphatic hydroxyl groups excluding tert-OH is 1. The van der Waals surface area contributed by atoms with Crippen LogP contribution < -0.4 is 5.73 Å². The summed E-state index contributed by atoms with van der Waals surface area (Å²) in [5.41, 5.74) is 7.43. The Morgan fingerprint density at radius 3 is 2.28 bits per heavy atom. The largest absolute Gasteiger partial charge is 0.395 e. The highest BCUT2D eigenvalue weighted by atomic mass is 32.2. The minimum atomic E-state index is 0.0646. The van der Waals surface area contributed by atoms with Gasteiger partial charge in [0.05, 0.1) is 6.61 Å².